The molecule has 0 saturated carbocycles. The molecule has 2 rings (SSSR count). The molecule has 0 fully saturated rings. The summed E-state index contributed by atoms with van der Waals surface area (Å²) >= 11 is 0. The van der Waals surface area contributed by atoms with E-state index in [0.29, 0.717) is 36.4 Å². The van der Waals surface area contributed by atoms with Crippen molar-refractivity contribution in [1.29, 1.82) is 0 Å². The Bertz CT molecular complexity index is 1090. The van der Waals surface area contributed by atoms with E-state index in [4.69, 9.17) is 9.11 Å². The summed E-state index contributed by atoms with van der Waals surface area (Å²) in [6.45, 7) is 0. The van der Waals surface area contributed by atoms with E-state index in [2.05, 4.69) is 0 Å². The zero-order valence-corrected chi connectivity index (χ0v) is 14.2. The zero-order chi connectivity index (χ0) is 19.2. The topological polar surface area (TPSA) is 143 Å². The Kier molecular flexibility index (Phi) is 10.6. The van der Waals surface area contributed by atoms with Gasteiger partial charge in [-0.2, -0.15) is 16.8 Å². The van der Waals surface area contributed by atoms with Gasteiger partial charge in [0.15, 0.2) is 0 Å². The van der Waals surface area contributed by atoms with Gasteiger partial charge in [-0.3, -0.25) is 9.11 Å². The van der Waals surface area contributed by atoms with E-state index in [1.54, 1.807) is 0 Å². The fourth-order valence-electron chi connectivity index (χ4n) is 1.83. The Labute approximate surface area is 239 Å². The first-order chi connectivity index (χ1) is 11.2. The van der Waals surface area contributed by atoms with E-state index < -0.39 is 61.3 Å². The fraction of sp³-hybridized carbons (Fsp3) is 0. The molecule has 0 atom stereocenters. The Morgan fingerprint density at radius 3 is 1.19 bits per heavy atom. The average molecular weight is 495 g/mol. The van der Waals surface area contributed by atoms with Crippen molar-refractivity contribution in [2.24, 2.45) is 0 Å². The van der Waals surface area contributed by atoms with Crippen molar-refractivity contribution in [1.82, 2.24) is 0 Å². The summed E-state index contributed by atoms with van der Waals surface area (Å²) < 4.78 is 114. The molecule has 2 aromatic rings. The molecule has 0 bridgehead atoms. The van der Waals surface area contributed by atoms with Crippen LogP contribution in [0.4, 0.5) is 8.78 Å². The predicted octanol–water partition coefficient (Wildman–Crippen LogP) is -0.00600. The van der Waals surface area contributed by atoms with Gasteiger partial charge in [-0.05, 0) is 36.4 Å². The maximum absolute atomic E-state index is 13.4. The Balaban J connectivity index is 0.00000338. The Morgan fingerprint density at radius 1 is 0.630 bits per heavy atom. The third-order valence-corrected chi connectivity index (χ3v) is 6.47. The molecule has 0 aliphatic carbocycles. The summed E-state index contributed by atoms with van der Waals surface area (Å²) in [7, 11) is -14.8. The number of sulfone groups is 1. The second-order valence-electron chi connectivity index (χ2n) is 4.64. The second kappa shape index (κ2) is 10.1. The molecule has 8 nitrogen and oxygen atoms in total. The Hall–Kier alpha value is 1.34. The van der Waals surface area contributed by atoms with Gasteiger partial charge < -0.3 is 0 Å². The maximum atomic E-state index is 13.4. The zero-order valence-electron chi connectivity index (χ0n) is 11.8. The first-order valence-corrected chi connectivity index (χ1v) is 10.4. The second-order valence-corrected chi connectivity index (χ2v) is 9.37. The van der Waals surface area contributed by atoms with Crippen molar-refractivity contribution in [3.63, 3.8) is 0 Å². The number of hydrogen-bond acceptors (Lipinski definition) is 6. The standard InChI is InChI=1S/C12H8F2O8S3.2K.2H/c13-9-3-1-7(5-11(9)24(17,18)19)23(15,16)8-2-4-10(14)12(6-8)25(20,21)22;;;;/h1-6H,(H,17,18,19)(H,20,21,22);;;;. The van der Waals surface area contributed by atoms with Crippen LogP contribution in [0.2, 0.25) is 0 Å². The molecule has 2 aromatic carbocycles. The fourth-order valence-corrected chi connectivity index (χ4v) is 4.48. The van der Waals surface area contributed by atoms with Gasteiger partial charge in [-0.15, -0.1) is 0 Å². The molecule has 15 heteroatoms. The molecule has 0 saturated heterocycles. The SMILES string of the molecule is O=S(=O)(O)c1cc(S(=O)(=O)c2ccc(F)c(S(=O)(=O)O)c2)ccc1F.[KH].[KH]. The van der Waals surface area contributed by atoms with E-state index in [1.165, 1.54) is 0 Å². The van der Waals surface area contributed by atoms with Gasteiger partial charge in [0.05, 0.1) is 9.79 Å². The molecule has 0 radical (unpaired) electrons. The minimum absolute atomic E-state index is 0. The molecule has 0 aliphatic heterocycles. The van der Waals surface area contributed by atoms with Crippen molar-refractivity contribution in [3.05, 3.63) is 48.0 Å². The van der Waals surface area contributed by atoms with Gasteiger partial charge in [0.2, 0.25) is 9.84 Å². The minimum atomic E-state index is -5.07. The van der Waals surface area contributed by atoms with Crippen LogP contribution in [0.15, 0.2) is 56.0 Å². The van der Waals surface area contributed by atoms with Gasteiger partial charge in [0.1, 0.15) is 21.4 Å². The third-order valence-electron chi connectivity index (χ3n) is 2.98. The first-order valence-electron chi connectivity index (χ1n) is 6.04. The van der Waals surface area contributed by atoms with E-state index in [9.17, 15) is 34.0 Å². The van der Waals surface area contributed by atoms with E-state index in [0.717, 1.165) is 0 Å². The van der Waals surface area contributed by atoms with Crippen molar-refractivity contribution in [3.8, 4) is 0 Å². The van der Waals surface area contributed by atoms with Gasteiger partial charge >= 0.3 is 103 Å². The van der Waals surface area contributed by atoms with Crippen molar-refractivity contribution in [2.75, 3.05) is 0 Å². The van der Waals surface area contributed by atoms with Crippen molar-refractivity contribution >= 4 is 133 Å². The Morgan fingerprint density at radius 2 is 0.926 bits per heavy atom. The van der Waals surface area contributed by atoms with Crippen LogP contribution < -0.4 is 0 Å². The first kappa shape index (κ1) is 28.3. The third kappa shape index (κ3) is 6.66. The van der Waals surface area contributed by atoms with Gasteiger partial charge in [-0.1, -0.05) is 0 Å². The normalized spacial score (nSPS) is 12.0. The summed E-state index contributed by atoms with van der Waals surface area (Å²) in [5.41, 5.74) is 0. The summed E-state index contributed by atoms with van der Waals surface area (Å²) in [6, 6.07) is 2.88. The van der Waals surface area contributed by atoms with Gasteiger partial charge in [-0.25, -0.2) is 17.2 Å². The molecule has 140 valence electrons. The predicted molar refractivity (Wildman–Crippen MR) is 92.2 cm³/mol. The molecular weight excluding hydrogens is 485 g/mol. The average Bonchev–Trinajstić information content (AvgIpc) is 2.45. The molecule has 27 heavy (non-hydrogen) atoms. The number of benzene rings is 2. The summed E-state index contributed by atoms with van der Waals surface area (Å²) in [4.78, 5) is -4.25. The van der Waals surface area contributed by atoms with Crippen molar-refractivity contribution < 1.29 is 43.1 Å². The van der Waals surface area contributed by atoms with Crippen LogP contribution in [0.3, 0.4) is 0 Å². The molecule has 0 aromatic heterocycles. The van der Waals surface area contributed by atoms with Crippen LogP contribution in [-0.4, -0.2) is 137 Å². The molecule has 0 unspecified atom stereocenters. The molecule has 0 heterocycles. The van der Waals surface area contributed by atoms with Gasteiger partial charge in [0.25, 0.3) is 20.2 Å². The molecule has 0 spiro atoms. The molecular formula is C12H10F2K2O8S3. The summed E-state index contributed by atoms with van der Waals surface area (Å²) in [6.07, 6.45) is 0. The monoisotopic (exact) mass is 494 g/mol. The number of hydrogen-bond donors (Lipinski definition) is 2. The summed E-state index contributed by atoms with van der Waals surface area (Å²) in [5.74, 6) is -2.83. The molecule has 0 amide bonds. The van der Waals surface area contributed by atoms with E-state index in [1.807, 2.05) is 0 Å². The van der Waals surface area contributed by atoms with E-state index >= 15 is 0 Å². The van der Waals surface area contributed by atoms with Gasteiger partial charge in [0, 0.05) is 0 Å². The van der Waals surface area contributed by atoms with E-state index in [-0.39, 0.29) is 103 Å². The van der Waals surface area contributed by atoms with Crippen LogP contribution in [0.25, 0.3) is 0 Å². The quantitative estimate of drug-likeness (QED) is 0.343. The van der Waals surface area contributed by atoms with Crippen molar-refractivity contribution in [2.45, 2.75) is 19.6 Å². The van der Waals surface area contributed by atoms with Crippen LogP contribution in [-0.2, 0) is 30.1 Å². The van der Waals surface area contributed by atoms with Crippen LogP contribution in [0, 0.1) is 11.6 Å². The van der Waals surface area contributed by atoms with Crippen LogP contribution in [0.1, 0.15) is 0 Å². The summed E-state index contributed by atoms with van der Waals surface area (Å²) in [5, 5.41) is 0. The van der Waals surface area contributed by atoms with Crippen LogP contribution >= 0.6 is 0 Å². The molecule has 2 N–H and O–H groups in total. The van der Waals surface area contributed by atoms with Crippen LogP contribution in [0.5, 0.6) is 0 Å². The number of rotatable bonds is 4. The number of halogens is 2. The molecule has 0 aliphatic rings.